The number of aryl methyl sites for hydroxylation is 1. The molecule has 238 valence electrons. The summed E-state index contributed by atoms with van der Waals surface area (Å²) < 4.78 is 13.8. The van der Waals surface area contributed by atoms with Crippen molar-refractivity contribution in [2.24, 2.45) is 14.1 Å². The lowest BCUT2D eigenvalue weighted by Crippen LogP contribution is -2.40. The predicted octanol–water partition coefficient (Wildman–Crippen LogP) is 3.34. The van der Waals surface area contributed by atoms with Crippen molar-refractivity contribution >= 4 is 29.1 Å². The fourth-order valence-electron chi connectivity index (χ4n) is 5.93. The highest BCUT2D eigenvalue weighted by atomic mass is 35.5. The Morgan fingerprint density at radius 3 is 2.61 bits per heavy atom. The lowest BCUT2D eigenvalue weighted by atomic mass is 9.96. The van der Waals surface area contributed by atoms with Crippen molar-refractivity contribution in [2.75, 3.05) is 25.6 Å². The van der Waals surface area contributed by atoms with Crippen molar-refractivity contribution < 1.29 is 19.1 Å². The first-order chi connectivity index (χ1) is 22.1. The van der Waals surface area contributed by atoms with Gasteiger partial charge in [0.15, 0.2) is 0 Å². The lowest BCUT2D eigenvalue weighted by molar-refractivity contribution is -0.119. The van der Waals surface area contributed by atoms with Gasteiger partial charge in [-0.1, -0.05) is 41.9 Å². The molecule has 2 aromatic carbocycles. The quantitative estimate of drug-likeness (QED) is 0.265. The summed E-state index contributed by atoms with van der Waals surface area (Å²) in [7, 11) is 4.37. The highest BCUT2D eigenvalue weighted by Crippen LogP contribution is 2.44. The van der Waals surface area contributed by atoms with Gasteiger partial charge in [-0.2, -0.15) is 0 Å². The standard InChI is InChI=1S/C33H33ClN6O6/c1-17-19(7-6-10-23(17)37-30(42)22-15-39(2)33(44)40(3)32(22)43)20-8-5-9-21(29(20)34)24-13-26-28(31(38-24)45-4)25(16-46-26)35-14-18-11-12-27(41)36-18/h5-10,13,15,18,25,35H,11-12,14,16H2,1-4H3,(H,36,41)(H,37,42)/t18-,25?/m0/s1. The summed E-state index contributed by atoms with van der Waals surface area (Å²) in [5, 5.41) is 9.70. The van der Waals surface area contributed by atoms with Crippen molar-refractivity contribution in [3.63, 3.8) is 0 Å². The Balaban J connectivity index is 1.29. The molecular formula is C33H33ClN6O6. The number of carbonyl (C=O) groups excluding carboxylic acids is 2. The van der Waals surface area contributed by atoms with Crippen LogP contribution in [-0.2, 0) is 18.9 Å². The van der Waals surface area contributed by atoms with Crippen LogP contribution in [0.3, 0.4) is 0 Å². The first kappa shape index (κ1) is 31.1. The van der Waals surface area contributed by atoms with Gasteiger partial charge in [-0.3, -0.25) is 19.0 Å². The van der Waals surface area contributed by atoms with Crippen molar-refractivity contribution in [1.82, 2.24) is 24.8 Å². The van der Waals surface area contributed by atoms with E-state index in [1.807, 2.05) is 37.3 Å². The molecule has 12 nitrogen and oxygen atoms in total. The van der Waals surface area contributed by atoms with E-state index in [9.17, 15) is 19.2 Å². The highest BCUT2D eigenvalue weighted by Gasteiger charge is 2.32. The second-order valence-electron chi connectivity index (χ2n) is 11.4. The van der Waals surface area contributed by atoms with Gasteiger partial charge in [-0.25, -0.2) is 9.78 Å². The number of methoxy groups -OCH3 is 1. The minimum Gasteiger partial charge on any atom is -0.491 e. The van der Waals surface area contributed by atoms with Crippen LogP contribution < -0.4 is 36.7 Å². The van der Waals surface area contributed by atoms with E-state index in [0.717, 1.165) is 27.7 Å². The summed E-state index contributed by atoms with van der Waals surface area (Å²) in [5.74, 6) is 0.496. The number of nitrogens with one attached hydrogen (secondary N) is 3. The second kappa shape index (κ2) is 12.5. The Bertz CT molecular complexity index is 2000. The number of hydrogen-bond acceptors (Lipinski definition) is 8. The van der Waals surface area contributed by atoms with Crippen molar-refractivity contribution in [2.45, 2.75) is 31.8 Å². The topological polar surface area (TPSA) is 146 Å². The van der Waals surface area contributed by atoms with Crippen LogP contribution in [0.5, 0.6) is 11.6 Å². The van der Waals surface area contributed by atoms with Crippen LogP contribution >= 0.6 is 11.6 Å². The van der Waals surface area contributed by atoms with E-state index in [0.29, 0.717) is 58.7 Å². The molecule has 2 aliphatic heterocycles. The van der Waals surface area contributed by atoms with Crippen LogP contribution in [0, 0.1) is 6.92 Å². The number of carbonyl (C=O) groups is 2. The molecule has 4 aromatic rings. The van der Waals surface area contributed by atoms with Crippen LogP contribution in [0.2, 0.25) is 5.02 Å². The largest absolute Gasteiger partial charge is 0.491 e. The summed E-state index contributed by atoms with van der Waals surface area (Å²) in [5.41, 5.74) is 3.38. The van der Waals surface area contributed by atoms with Gasteiger partial charge in [0.2, 0.25) is 11.8 Å². The van der Waals surface area contributed by atoms with Crippen molar-refractivity contribution in [3.05, 3.63) is 91.2 Å². The Kier molecular flexibility index (Phi) is 8.41. The van der Waals surface area contributed by atoms with E-state index >= 15 is 0 Å². The summed E-state index contributed by atoms with van der Waals surface area (Å²) in [4.78, 5) is 54.2. The maximum absolute atomic E-state index is 13.1. The molecule has 2 aromatic heterocycles. The van der Waals surface area contributed by atoms with Gasteiger partial charge < -0.3 is 30.0 Å². The summed E-state index contributed by atoms with van der Waals surface area (Å²) in [6, 6.07) is 12.8. The summed E-state index contributed by atoms with van der Waals surface area (Å²) in [6.07, 6.45) is 2.56. The van der Waals surface area contributed by atoms with Gasteiger partial charge in [0, 0.05) is 62.2 Å². The third-order valence-electron chi connectivity index (χ3n) is 8.47. The first-order valence-corrected chi connectivity index (χ1v) is 15.2. The smallest absolute Gasteiger partial charge is 0.330 e. The molecule has 1 unspecified atom stereocenters. The average molecular weight is 645 g/mol. The Hall–Kier alpha value is -4.94. The molecule has 0 spiro atoms. The van der Waals surface area contributed by atoms with E-state index in [2.05, 4.69) is 16.0 Å². The Morgan fingerprint density at radius 1 is 1.13 bits per heavy atom. The third-order valence-corrected chi connectivity index (χ3v) is 8.87. The van der Waals surface area contributed by atoms with Gasteiger partial charge in [0.1, 0.15) is 17.9 Å². The van der Waals surface area contributed by atoms with Crippen LogP contribution in [0.4, 0.5) is 5.69 Å². The van der Waals surface area contributed by atoms with Crippen LogP contribution in [0.1, 0.15) is 40.4 Å². The molecule has 13 heteroatoms. The minimum absolute atomic E-state index is 0.0675. The molecule has 1 fully saturated rings. The molecule has 46 heavy (non-hydrogen) atoms. The molecule has 0 aliphatic carbocycles. The number of ether oxygens (including phenoxy) is 2. The van der Waals surface area contributed by atoms with Crippen molar-refractivity contribution in [1.29, 1.82) is 0 Å². The molecule has 0 bridgehead atoms. The number of rotatable bonds is 8. The minimum atomic E-state index is -0.684. The third kappa shape index (κ3) is 5.65. The number of halogens is 1. The Labute approximate surface area is 269 Å². The molecule has 1 saturated heterocycles. The zero-order chi connectivity index (χ0) is 32.7. The number of hydrogen-bond donors (Lipinski definition) is 3. The number of fused-ring (bicyclic) bond motifs is 1. The number of nitrogens with zero attached hydrogens (tertiary/aromatic N) is 3. The van der Waals surface area contributed by atoms with Crippen LogP contribution in [-0.4, -0.2) is 52.2 Å². The number of anilines is 1. The average Bonchev–Trinajstić information content (AvgIpc) is 3.66. The number of amides is 2. The summed E-state index contributed by atoms with van der Waals surface area (Å²) >= 11 is 7.05. The molecule has 6 rings (SSSR count). The normalized spacial score (nSPS) is 16.9. The molecule has 2 aliphatic rings. The van der Waals surface area contributed by atoms with E-state index < -0.39 is 17.2 Å². The molecule has 4 heterocycles. The maximum Gasteiger partial charge on any atom is 0.330 e. The molecular weight excluding hydrogens is 612 g/mol. The number of pyridine rings is 1. The molecule has 0 radical (unpaired) electrons. The second-order valence-corrected chi connectivity index (χ2v) is 11.8. The molecule has 2 atom stereocenters. The van der Waals surface area contributed by atoms with E-state index in [1.165, 1.54) is 24.9 Å². The van der Waals surface area contributed by atoms with E-state index in [1.54, 1.807) is 19.2 Å². The first-order valence-electron chi connectivity index (χ1n) is 14.8. The van der Waals surface area contributed by atoms with Gasteiger partial charge in [0.25, 0.3) is 11.5 Å². The van der Waals surface area contributed by atoms with Crippen LogP contribution in [0.25, 0.3) is 22.4 Å². The maximum atomic E-state index is 13.1. The van der Waals surface area contributed by atoms with Crippen molar-refractivity contribution in [3.8, 4) is 34.0 Å². The van der Waals surface area contributed by atoms with Gasteiger partial charge in [-0.05, 0) is 30.5 Å². The fourth-order valence-corrected chi connectivity index (χ4v) is 6.25. The van der Waals surface area contributed by atoms with E-state index in [4.69, 9.17) is 26.1 Å². The molecule has 0 saturated carbocycles. The molecule has 2 amide bonds. The number of aromatic nitrogens is 3. The molecule has 3 N–H and O–H groups in total. The predicted molar refractivity (Wildman–Crippen MR) is 174 cm³/mol. The monoisotopic (exact) mass is 644 g/mol. The summed E-state index contributed by atoms with van der Waals surface area (Å²) in [6.45, 7) is 2.86. The highest BCUT2D eigenvalue weighted by molar-refractivity contribution is 6.36. The Morgan fingerprint density at radius 2 is 1.87 bits per heavy atom. The van der Waals surface area contributed by atoms with Gasteiger partial charge in [-0.15, -0.1) is 0 Å². The van der Waals surface area contributed by atoms with E-state index in [-0.39, 0.29) is 23.6 Å². The zero-order valence-corrected chi connectivity index (χ0v) is 26.5. The van der Waals surface area contributed by atoms with Crippen LogP contribution in [0.15, 0.2) is 58.3 Å². The number of benzene rings is 2. The SMILES string of the molecule is COc1nc(-c2cccc(-c3cccc(NC(=O)c4cn(C)c(=O)n(C)c4=O)c3C)c2Cl)cc2c1C(NC[C@@H]1CCC(=O)N1)CO2. The zero-order valence-electron chi connectivity index (χ0n) is 25.8. The fraction of sp³-hybridized carbons (Fsp3) is 0.303. The van der Waals surface area contributed by atoms with Gasteiger partial charge >= 0.3 is 5.69 Å². The lowest BCUT2D eigenvalue weighted by Gasteiger charge is -2.18. The van der Waals surface area contributed by atoms with Gasteiger partial charge in [0.05, 0.1) is 29.4 Å².